The van der Waals surface area contributed by atoms with E-state index in [1.54, 1.807) is 0 Å². The van der Waals surface area contributed by atoms with Gasteiger partial charge in [-0.25, -0.2) is 0 Å². The van der Waals surface area contributed by atoms with Crippen molar-refractivity contribution in [2.45, 2.75) is 44.0 Å². The number of nitrogens with zero attached hydrogens (tertiary/aromatic N) is 2. The SMILES string of the molecule is Cc1ccc(C2(O)CC3COCC(C2)N3Cc2ccccc2)c(C#N)c1. The number of nitriles is 1. The average Bonchev–Trinajstić information content (AvgIpc) is 2.63. The van der Waals surface area contributed by atoms with Crippen LogP contribution in [0.3, 0.4) is 0 Å². The molecule has 2 bridgehead atoms. The van der Waals surface area contributed by atoms with Crippen molar-refractivity contribution in [1.82, 2.24) is 4.90 Å². The lowest BCUT2D eigenvalue weighted by Gasteiger charge is -2.52. The van der Waals surface area contributed by atoms with Crippen molar-refractivity contribution >= 4 is 0 Å². The molecule has 4 heteroatoms. The Morgan fingerprint density at radius 3 is 2.50 bits per heavy atom. The van der Waals surface area contributed by atoms with Crippen molar-refractivity contribution in [2.75, 3.05) is 13.2 Å². The normalized spacial score (nSPS) is 28.5. The number of aryl methyl sites for hydroxylation is 1. The fraction of sp³-hybridized carbons (Fsp3) is 0.409. The molecule has 2 saturated heterocycles. The molecule has 2 aliphatic rings. The summed E-state index contributed by atoms with van der Waals surface area (Å²) in [7, 11) is 0. The van der Waals surface area contributed by atoms with Crippen molar-refractivity contribution in [3.05, 3.63) is 70.8 Å². The van der Waals surface area contributed by atoms with E-state index < -0.39 is 5.60 Å². The number of rotatable bonds is 3. The molecule has 2 aromatic rings. The summed E-state index contributed by atoms with van der Waals surface area (Å²) < 4.78 is 5.79. The van der Waals surface area contributed by atoms with Gasteiger partial charge in [-0.2, -0.15) is 5.26 Å². The number of fused-ring (bicyclic) bond motifs is 2. The van der Waals surface area contributed by atoms with Crippen LogP contribution < -0.4 is 0 Å². The molecule has 0 radical (unpaired) electrons. The highest BCUT2D eigenvalue weighted by Crippen LogP contribution is 2.42. The number of piperidine rings is 1. The van der Waals surface area contributed by atoms with Crippen LogP contribution in [0.25, 0.3) is 0 Å². The zero-order valence-electron chi connectivity index (χ0n) is 15.1. The van der Waals surface area contributed by atoms with E-state index in [0.29, 0.717) is 31.6 Å². The number of benzene rings is 2. The molecule has 0 saturated carbocycles. The van der Waals surface area contributed by atoms with E-state index in [9.17, 15) is 10.4 Å². The van der Waals surface area contributed by atoms with E-state index in [2.05, 4.69) is 35.2 Å². The van der Waals surface area contributed by atoms with Gasteiger partial charge in [-0.05, 0) is 37.0 Å². The summed E-state index contributed by atoms with van der Waals surface area (Å²) in [6.45, 7) is 4.09. The minimum atomic E-state index is -0.967. The predicted octanol–water partition coefficient (Wildman–Crippen LogP) is 3.12. The monoisotopic (exact) mass is 348 g/mol. The Kier molecular flexibility index (Phi) is 4.54. The molecule has 2 unspecified atom stereocenters. The summed E-state index contributed by atoms with van der Waals surface area (Å²) in [5.41, 5.74) is 2.71. The number of hydrogen-bond donors (Lipinski definition) is 1. The van der Waals surface area contributed by atoms with Gasteiger partial charge in [0, 0.05) is 24.2 Å². The Bertz CT molecular complexity index is 814. The van der Waals surface area contributed by atoms with Crippen LogP contribution in [0.2, 0.25) is 0 Å². The first kappa shape index (κ1) is 17.2. The van der Waals surface area contributed by atoms with Gasteiger partial charge < -0.3 is 9.84 Å². The van der Waals surface area contributed by atoms with Crippen LogP contribution in [0.15, 0.2) is 48.5 Å². The lowest BCUT2D eigenvalue weighted by molar-refractivity contribution is -0.149. The predicted molar refractivity (Wildman–Crippen MR) is 99.4 cm³/mol. The Labute approximate surface area is 154 Å². The molecule has 4 nitrogen and oxygen atoms in total. The number of hydrogen-bond acceptors (Lipinski definition) is 4. The average molecular weight is 348 g/mol. The van der Waals surface area contributed by atoms with E-state index in [1.807, 2.05) is 31.2 Å². The van der Waals surface area contributed by atoms with Crippen molar-refractivity contribution < 1.29 is 9.84 Å². The molecule has 26 heavy (non-hydrogen) atoms. The molecule has 2 heterocycles. The molecule has 1 N–H and O–H groups in total. The van der Waals surface area contributed by atoms with Gasteiger partial charge in [0.1, 0.15) is 0 Å². The summed E-state index contributed by atoms with van der Waals surface area (Å²) in [5.74, 6) is 0. The molecule has 2 atom stereocenters. The van der Waals surface area contributed by atoms with Gasteiger partial charge >= 0.3 is 0 Å². The van der Waals surface area contributed by atoms with Crippen LogP contribution in [0, 0.1) is 18.3 Å². The van der Waals surface area contributed by atoms with Crippen LogP contribution >= 0.6 is 0 Å². The van der Waals surface area contributed by atoms with Gasteiger partial charge in [0.15, 0.2) is 0 Å². The highest BCUT2D eigenvalue weighted by atomic mass is 16.5. The van der Waals surface area contributed by atoms with Gasteiger partial charge in [0.25, 0.3) is 0 Å². The van der Waals surface area contributed by atoms with E-state index >= 15 is 0 Å². The third kappa shape index (κ3) is 3.14. The van der Waals surface area contributed by atoms with Crippen molar-refractivity contribution in [3.63, 3.8) is 0 Å². The quantitative estimate of drug-likeness (QED) is 0.926. The van der Waals surface area contributed by atoms with Crippen LogP contribution in [-0.4, -0.2) is 35.3 Å². The summed E-state index contributed by atoms with van der Waals surface area (Å²) in [6, 6.07) is 18.8. The van der Waals surface area contributed by atoms with Gasteiger partial charge in [-0.3, -0.25) is 4.90 Å². The first-order chi connectivity index (χ1) is 12.6. The van der Waals surface area contributed by atoms with Crippen LogP contribution in [0.5, 0.6) is 0 Å². The maximum absolute atomic E-state index is 11.5. The van der Waals surface area contributed by atoms with E-state index in [0.717, 1.165) is 17.7 Å². The smallest absolute Gasteiger partial charge is 0.0995 e. The topological polar surface area (TPSA) is 56.5 Å². The molecule has 0 amide bonds. The van der Waals surface area contributed by atoms with Crippen LogP contribution in [0.4, 0.5) is 0 Å². The first-order valence-corrected chi connectivity index (χ1v) is 9.20. The summed E-state index contributed by atoms with van der Waals surface area (Å²) in [4.78, 5) is 2.47. The highest BCUT2D eigenvalue weighted by Gasteiger charge is 2.47. The standard InChI is InChI=1S/C22H24N2O2/c1-16-7-8-21(18(9-16)12-23)22(25)10-19-14-26-15-20(11-22)24(19)13-17-5-3-2-4-6-17/h2-9,19-20,25H,10-11,13-15H2,1H3. The zero-order valence-corrected chi connectivity index (χ0v) is 15.1. The van der Waals surface area contributed by atoms with E-state index in [1.165, 1.54) is 5.56 Å². The molecule has 2 aromatic carbocycles. The van der Waals surface area contributed by atoms with Crippen LogP contribution in [-0.2, 0) is 16.9 Å². The molecule has 0 aliphatic carbocycles. The van der Waals surface area contributed by atoms with Crippen molar-refractivity contribution in [3.8, 4) is 6.07 Å². The minimum absolute atomic E-state index is 0.153. The Morgan fingerprint density at radius 1 is 1.15 bits per heavy atom. The Balaban J connectivity index is 1.62. The summed E-state index contributed by atoms with van der Waals surface area (Å²) >= 11 is 0. The Hall–Kier alpha value is -2.19. The Morgan fingerprint density at radius 2 is 1.85 bits per heavy atom. The lowest BCUT2D eigenvalue weighted by Crippen LogP contribution is -2.60. The van der Waals surface area contributed by atoms with Gasteiger partial charge in [-0.1, -0.05) is 42.5 Å². The summed E-state index contributed by atoms with van der Waals surface area (Å²) in [6.07, 6.45) is 1.18. The minimum Gasteiger partial charge on any atom is -0.385 e. The molecular weight excluding hydrogens is 324 g/mol. The third-order valence-corrected chi connectivity index (χ3v) is 5.71. The second-order valence-electron chi connectivity index (χ2n) is 7.60. The maximum atomic E-state index is 11.5. The van der Waals surface area contributed by atoms with Gasteiger partial charge in [0.2, 0.25) is 0 Å². The fourth-order valence-electron chi connectivity index (χ4n) is 4.47. The van der Waals surface area contributed by atoms with E-state index in [4.69, 9.17) is 4.74 Å². The number of morpholine rings is 1. The van der Waals surface area contributed by atoms with Crippen LogP contribution in [0.1, 0.15) is 35.1 Å². The molecule has 2 aliphatic heterocycles. The van der Waals surface area contributed by atoms with Crippen molar-refractivity contribution in [1.29, 1.82) is 5.26 Å². The number of aliphatic hydroxyl groups is 1. The molecule has 4 rings (SSSR count). The van der Waals surface area contributed by atoms with Gasteiger partial charge in [-0.15, -0.1) is 0 Å². The largest absolute Gasteiger partial charge is 0.385 e. The first-order valence-electron chi connectivity index (χ1n) is 9.20. The molecule has 2 fully saturated rings. The highest BCUT2D eigenvalue weighted by molar-refractivity contribution is 5.44. The number of ether oxygens (including phenoxy) is 1. The second-order valence-corrected chi connectivity index (χ2v) is 7.60. The molecule has 0 spiro atoms. The maximum Gasteiger partial charge on any atom is 0.0995 e. The van der Waals surface area contributed by atoms with Crippen molar-refractivity contribution in [2.24, 2.45) is 0 Å². The summed E-state index contributed by atoms with van der Waals surface area (Å²) in [5, 5.41) is 21.0. The fourth-order valence-corrected chi connectivity index (χ4v) is 4.47. The van der Waals surface area contributed by atoms with Gasteiger partial charge in [0.05, 0.1) is 30.4 Å². The molecule has 134 valence electrons. The van der Waals surface area contributed by atoms with E-state index in [-0.39, 0.29) is 12.1 Å². The molecular formula is C22H24N2O2. The molecule has 0 aromatic heterocycles. The zero-order chi connectivity index (χ0) is 18.1. The third-order valence-electron chi connectivity index (χ3n) is 5.71. The second kappa shape index (κ2) is 6.85. The lowest BCUT2D eigenvalue weighted by atomic mass is 9.75.